The summed E-state index contributed by atoms with van der Waals surface area (Å²) in [5.74, 6) is -0.789. The normalized spacial score (nSPS) is 10.3. The summed E-state index contributed by atoms with van der Waals surface area (Å²) < 4.78 is 1.52. The molecule has 4 N–H and O–H groups in total. The molecule has 0 bridgehead atoms. The first-order valence-electron chi connectivity index (χ1n) is 5.14. The van der Waals surface area contributed by atoms with E-state index in [0.29, 0.717) is 11.4 Å². The van der Waals surface area contributed by atoms with Crippen molar-refractivity contribution >= 4 is 17.5 Å². The summed E-state index contributed by atoms with van der Waals surface area (Å²) in [6.45, 7) is 3.51. The van der Waals surface area contributed by atoms with Gasteiger partial charge in [-0.2, -0.15) is 5.10 Å². The Morgan fingerprint density at radius 3 is 2.41 bits per heavy atom. The minimum atomic E-state index is -0.547. The average molecular weight is 239 g/mol. The molecule has 7 heteroatoms. The molecule has 1 aromatic heterocycles. The average Bonchev–Trinajstić information content (AvgIpc) is 2.45. The van der Waals surface area contributed by atoms with E-state index in [0.717, 1.165) is 5.69 Å². The molecule has 0 aliphatic rings. The zero-order valence-electron chi connectivity index (χ0n) is 10.2. The first-order valence-corrected chi connectivity index (χ1v) is 5.14. The van der Waals surface area contributed by atoms with Gasteiger partial charge in [0.1, 0.15) is 6.54 Å². The minimum absolute atomic E-state index is 0.0493. The van der Waals surface area contributed by atoms with Crippen molar-refractivity contribution in [3.05, 3.63) is 11.4 Å². The second-order valence-electron chi connectivity index (χ2n) is 3.96. The topological polar surface area (TPSA) is 107 Å². The van der Waals surface area contributed by atoms with E-state index in [9.17, 15) is 9.59 Å². The summed E-state index contributed by atoms with van der Waals surface area (Å²) in [5, 5.41) is 4.14. The van der Waals surface area contributed by atoms with Gasteiger partial charge in [0.15, 0.2) is 0 Å². The Morgan fingerprint density at radius 1 is 1.41 bits per heavy atom. The number of hydrogen-bond donors (Lipinski definition) is 2. The predicted molar refractivity (Wildman–Crippen MR) is 62.9 cm³/mol. The summed E-state index contributed by atoms with van der Waals surface area (Å²) in [5.41, 5.74) is 12.8. The molecule has 0 aliphatic heterocycles. The van der Waals surface area contributed by atoms with Crippen molar-refractivity contribution in [3.63, 3.8) is 0 Å². The number of aromatic nitrogens is 2. The number of carbonyl (C=O) groups is 2. The van der Waals surface area contributed by atoms with Gasteiger partial charge in [-0.15, -0.1) is 0 Å². The Bertz CT molecular complexity index is 452. The summed E-state index contributed by atoms with van der Waals surface area (Å²) in [4.78, 5) is 23.7. The van der Waals surface area contributed by atoms with Gasteiger partial charge in [-0.05, 0) is 13.8 Å². The van der Waals surface area contributed by atoms with Gasteiger partial charge in [0, 0.05) is 7.05 Å². The molecule has 0 aliphatic carbocycles. The van der Waals surface area contributed by atoms with Crippen molar-refractivity contribution in [3.8, 4) is 0 Å². The largest absolute Gasteiger partial charge is 0.396 e. The van der Waals surface area contributed by atoms with Gasteiger partial charge in [-0.3, -0.25) is 14.3 Å². The van der Waals surface area contributed by atoms with E-state index in [2.05, 4.69) is 5.10 Å². The standard InChI is InChI=1S/C10H17N5O2/c1-6-10(12)7(2)15(13-6)5-9(17)14(3)4-8(11)16/h4-5,12H2,1-3H3,(H2,11,16). The van der Waals surface area contributed by atoms with E-state index in [1.807, 2.05) is 0 Å². The van der Waals surface area contributed by atoms with Crippen LogP contribution in [0.4, 0.5) is 5.69 Å². The third-order valence-corrected chi connectivity index (χ3v) is 2.54. The molecule has 1 rings (SSSR count). The van der Waals surface area contributed by atoms with Crippen molar-refractivity contribution in [2.75, 3.05) is 19.3 Å². The number of anilines is 1. The first kappa shape index (κ1) is 13.0. The van der Waals surface area contributed by atoms with Gasteiger partial charge in [0.2, 0.25) is 11.8 Å². The van der Waals surface area contributed by atoms with Crippen LogP contribution in [0.1, 0.15) is 11.4 Å². The fraction of sp³-hybridized carbons (Fsp3) is 0.500. The summed E-state index contributed by atoms with van der Waals surface area (Å²) in [7, 11) is 1.52. The maximum absolute atomic E-state index is 11.7. The van der Waals surface area contributed by atoms with Crippen LogP contribution in [-0.2, 0) is 16.1 Å². The maximum atomic E-state index is 11.7. The molecule has 94 valence electrons. The number of hydrogen-bond acceptors (Lipinski definition) is 4. The predicted octanol–water partition coefficient (Wildman–Crippen LogP) is -0.974. The molecule has 1 heterocycles. The van der Waals surface area contributed by atoms with Gasteiger partial charge in [0.05, 0.1) is 23.6 Å². The third kappa shape index (κ3) is 2.96. The Hall–Kier alpha value is -2.05. The van der Waals surface area contributed by atoms with Crippen LogP contribution < -0.4 is 11.5 Å². The maximum Gasteiger partial charge on any atom is 0.244 e. The Morgan fingerprint density at radius 2 is 2.00 bits per heavy atom. The molecular weight excluding hydrogens is 222 g/mol. The molecule has 2 amide bonds. The first-order chi connectivity index (χ1) is 7.82. The smallest absolute Gasteiger partial charge is 0.244 e. The van der Waals surface area contributed by atoms with Crippen LogP contribution >= 0.6 is 0 Å². The minimum Gasteiger partial charge on any atom is -0.396 e. The third-order valence-electron chi connectivity index (χ3n) is 2.54. The number of likely N-dealkylation sites (N-methyl/N-ethyl adjacent to an activating group) is 1. The van der Waals surface area contributed by atoms with E-state index >= 15 is 0 Å². The number of aryl methyl sites for hydroxylation is 1. The van der Waals surface area contributed by atoms with E-state index in [1.54, 1.807) is 13.8 Å². The van der Waals surface area contributed by atoms with Crippen LogP contribution in [0.15, 0.2) is 0 Å². The van der Waals surface area contributed by atoms with Gasteiger partial charge < -0.3 is 16.4 Å². The lowest BCUT2D eigenvalue weighted by Crippen LogP contribution is -2.37. The number of carbonyl (C=O) groups excluding carboxylic acids is 2. The highest BCUT2D eigenvalue weighted by molar-refractivity contribution is 5.83. The SMILES string of the molecule is Cc1nn(CC(=O)N(C)CC(N)=O)c(C)c1N. The zero-order chi connectivity index (χ0) is 13.2. The number of nitrogens with zero attached hydrogens (tertiary/aromatic N) is 3. The second kappa shape index (κ2) is 4.86. The lowest BCUT2D eigenvalue weighted by atomic mass is 10.3. The van der Waals surface area contributed by atoms with Crippen LogP contribution in [-0.4, -0.2) is 40.1 Å². The van der Waals surface area contributed by atoms with Crippen LogP contribution in [0, 0.1) is 13.8 Å². The number of amides is 2. The second-order valence-corrected chi connectivity index (χ2v) is 3.96. The van der Waals surface area contributed by atoms with E-state index in [-0.39, 0.29) is 19.0 Å². The highest BCUT2D eigenvalue weighted by atomic mass is 16.2. The number of nitrogen functional groups attached to an aromatic ring is 1. The number of primary amides is 1. The van der Waals surface area contributed by atoms with Crippen molar-refractivity contribution in [2.24, 2.45) is 5.73 Å². The summed E-state index contributed by atoms with van der Waals surface area (Å²) >= 11 is 0. The van der Waals surface area contributed by atoms with Crippen LogP contribution in [0.25, 0.3) is 0 Å². The van der Waals surface area contributed by atoms with E-state index in [4.69, 9.17) is 11.5 Å². The Balaban J connectivity index is 2.74. The fourth-order valence-corrected chi connectivity index (χ4v) is 1.44. The summed E-state index contributed by atoms with van der Waals surface area (Å²) in [6, 6.07) is 0. The number of rotatable bonds is 4. The van der Waals surface area contributed by atoms with Crippen LogP contribution in [0.5, 0.6) is 0 Å². The molecule has 0 atom stereocenters. The lowest BCUT2D eigenvalue weighted by molar-refractivity contribution is -0.134. The highest BCUT2D eigenvalue weighted by Gasteiger charge is 2.15. The molecule has 0 fully saturated rings. The number of nitrogens with two attached hydrogens (primary N) is 2. The van der Waals surface area contributed by atoms with Crippen LogP contribution in [0.2, 0.25) is 0 Å². The molecule has 0 unspecified atom stereocenters. The fourth-order valence-electron chi connectivity index (χ4n) is 1.44. The van der Waals surface area contributed by atoms with Gasteiger partial charge >= 0.3 is 0 Å². The Labute approximate surface area is 99.4 Å². The van der Waals surface area contributed by atoms with Crippen LogP contribution in [0.3, 0.4) is 0 Å². The van der Waals surface area contributed by atoms with Gasteiger partial charge in [0.25, 0.3) is 0 Å². The van der Waals surface area contributed by atoms with Crippen molar-refractivity contribution in [1.29, 1.82) is 0 Å². The summed E-state index contributed by atoms with van der Waals surface area (Å²) in [6.07, 6.45) is 0. The molecule has 17 heavy (non-hydrogen) atoms. The van der Waals surface area contributed by atoms with Crippen molar-refractivity contribution < 1.29 is 9.59 Å². The van der Waals surface area contributed by atoms with Crippen molar-refractivity contribution in [1.82, 2.24) is 14.7 Å². The quantitative estimate of drug-likeness (QED) is 0.704. The molecular formula is C10H17N5O2. The molecule has 7 nitrogen and oxygen atoms in total. The molecule has 0 aromatic carbocycles. The highest BCUT2D eigenvalue weighted by Crippen LogP contribution is 2.14. The lowest BCUT2D eigenvalue weighted by Gasteiger charge is -2.15. The molecule has 0 radical (unpaired) electrons. The van der Waals surface area contributed by atoms with Gasteiger partial charge in [-0.25, -0.2) is 0 Å². The molecule has 0 saturated heterocycles. The monoisotopic (exact) mass is 239 g/mol. The molecule has 1 aromatic rings. The Kier molecular flexibility index (Phi) is 3.72. The van der Waals surface area contributed by atoms with Gasteiger partial charge in [-0.1, -0.05) is 0 Å². The molecule has 0 spiro atoms. The van der Waals surface area contributed by atoms with E-state index in [1.165, 1.54) is 16.6 Å². The van der Waals surface area contributed by atoms with Crippen molar-refractivity contribution in [2.45, 2.75) is 20.4 Å². The zero-order valence-corrected chi connectivity index (χ0v) is 10.2. The van der Waals surface area contributed by atoms with E-state index < -0.39 is 5.91 Å². The molecule has 0 saturated carbocycles.